The number of allylic oxidation sites excluding steroid dienone is 8. The van der Waals surface area contributed by atoms with Crippen molar-refractivity contribution < 1.29 is 214 Å². The fraction of sp³-hybridized carbons (Fsp3) is 0. The summed E-state index contributed by atoms with van der Waals surface area (Å²) in [6.45, 7) is 0. The van der Waals surface area contributed by atoms with E-state index < -0.39 is 130 Å². The molecule has 32 nitrogen and oxygen atoms in total. The molecule has 0 spiro atoms. The topological polar surface area (TPSA) is 514 Å². The van der Waals surface area contributed by atoms with Crippen LogP contribution in [0.2, 0.25) is 0 Å². The SMILES string of the molecule is O=C(O)C1=NN(c2ccc(S(=O)(=O)O)cc2)C(=O)C1=CC=CC=Cc1c(C(=O)[O-])nn(-c2ccc(S(=O)(=O)O)cc2)c1O.O=C(O)C1=NN(c2ccc(S(=O)(=O)O)cc2)C(=O)C1=CC=CC=Cc1c(C(=O)[O-])nn(-c2ccc(S(=O)(=O)O)cc2)c1O.[K+].[K+]. The summed E-state index contributed by atoms with van der Waals surface area (Å²) in [6, 6.07) is 17.1. The number of hydrogen-bond donors (Lipinski definition) is 8. The van der Waals surface area contributed by atoms with Gasteiger partial charge in [0.15, 0.2) is 11.4 Å². The van der Waals surface area contributed by atoms with Crippen LogP contribution in [0.15, 0.2) is 187 Å². The number of anilines is 2. The second kappa shape index (κ2) is 28.7. The summed E-state index contributed by atoms with van der Waals surface area (Å²) in [5, 5.41) is 79.8. The third-order valence-electron chi connectivity index (χ3n) is 11.4. The van der Waals surface area contributed by atoms with E-state index in [9.17, 15) is 93.1 Å². The van der Waals surface area contributed by atoms with E-state index in [0.717, 1.165) is 131 Å². The van der Waals surface area contributed by atoms with Crippen molar-refractivity contribution in [3.05, 3.63) is 179 Å². The van der Waals surface area contributed by atoms with E-state index >= 15 is 0 Å². The molecule has 2 aliphatic heterocycles. The summed E-state index contributed by atoms with van der Waals surface area (Å²) in [6.07, 6.45) is 11.9. The molecule has 88 heavy (non-hydrogen) atoms. The van der Waals surface area contributed by atoms with Gasteiger partial charge in [0.25, 0.3) is 52.3 Å². The Hall–Kier alpha value is -7.59. The fourth-order valence-corrected chi connectivity index (χ4v) is 9.30. The first kappa shape index (κ1) is 71.2. The molecule has 8 N–H and O–H groups in total. The van der Waals surface area contributed by atoms with Crippen LogP contribution in [0.25, 0.3) is 23.5 Å². The quantitative estimate of drug-likeness (QED) is 0.0173. The standard InChI is InChI=1S/2C25H18N4O12S2.2K/c2*30-22-18(20(24(32)33)26-28(22)14-6-10-16(11-7-14)42(36,37)38)4-2-1-3-5-19-21(25(34)35)27-29(23(19)31)15-8-12-17(13-9-15)43(39,40)41;;/h2*1-13,30H,(H,32,33)(H,34,35)(H,36,37,38)(H,39,40,41);;/q;;2*+1/p-2. The van der Waals surface area contributed by atoms with E-state index in [4.69, 9.17) is 18.2 Å². The van der Waals surface area contributed by atoms with E-state index in [1.165, 1.54) is 36.5 Å². The number of aromatic hydroxyl groups is 2. The van der Waals surface area contributed by atoms with Crippen molar-refractivity contribution in [3.8, 4) is 23.1 Å². The fourth-order valence-electron chi connectivity index (χ4n) is 7.38. The molecule has 0 unspecified atom stereocenters. The van der Waals surface area contributed by atoms with E-state index in [1.807, 2.05) is 0 Å². The summed E-state index contributed by atoms with van der Waals surface area (Å²) in [4.78, 5) is 70.5. The van der Waals surface area contributed by atoms with Gasteiger partial charge in [0.1, 0.15) is 11.4 Å². The minimum Gasteiger partial charge on any atom is -0.543 e. The Balaban J connectivity index is 0.000000313. The first-order valence-electron chi connectivity index (χ1n) is 23.0. The van der Waals surface area contributed by atoms with Crippen molar-refractivity contribution in [1.29, 1.82) is 0 Å². The van der Waals surface area contributed by atoms with Crippen molar-refractivity contribution in [2.75, 3.05) is 10.0 Å². The van der Waals surface area contributed by atoms with Gasteiger partial charge in [-0.2, -0.15) is 64.1 Å². The Kier molecular flexibility index (Phi) is 23.2. The molecule has 0 fully saturated rings. The zero-order valence-corrected chi connectivity index (χ0v) is 53.8. The van der Waals surface area contributed by atoms with E-state index in [1.54, 1.807) is 0 Å². The number of carboxylic acid groups (broad SMARTS) is 4. The average Bonchev–Trinajstić information content (AvgIpc) is 2.74. The molecule has 444 valence electrons. The van der Waals surface area contributed by atoms with Crippen LogP contribution in [-0.2, 0) is 59.7 Å². The number of carboxylic acids is 4. The van der Waals surface area contributed by atoms with Crippen LogP contribution in [0.3, 0.4) is 0 Å². The number of hydrogen-bond acceptors (Lipinski definition) is 22. The maximum Gasteiger partial charge on any atom is 1.00 e. The Bertz CT molecular complexity index is 4280. The van der Waals surface area contributed by atoms with E-state index in [2.05, 4.69) is 20.4 Å². The summed E-state index contributed by atoms with van der Waals surface area (Å²) >= 11 is 0. The number of rotatable bonds is 18. The van der Waals surface area contributed by atoms with Crippen LogP contribution in [-0.4, -0.2) is 139 Å². The number of aromatic carboxylic acids is 2. The smallest absolute Gasteiger partial charge is 0.543 e. The summed E-state index contributed by atoms with van der Waals surface area (Å²) in [5.74, 6) is -9.65. The number of carbonyl (C=O) groups excluding carboxylic acids is 4. The van der Waals surface area contributed by atoms with Crippen molar-refractivity contribution in [1.82, 2.24) is 19.6 Å². The largest absolute Gasteiger partial charge is 1.00 e. The maximum absolute atomic E-state index is 12.9. The van der Waals surface area contributed by atoms with Gasteiger partial charge in [0, 0.05) is 0 Å². The Morgan fingerprint density at radius 3 is 0.920 bits per heavy atom. The van der Waals surface area contributed by atoms with Crippen LogP contribution in [0.4, 0.5) is 11.4 Å². The Morgan fingerprint density at radius 1 is 0.420 bits per heavy atom. The molecule has 4 heterocycles. The molecule has 2 amide bonds. The minimum atomic E-state index is -4.50. The predicted molar refractivity (Wildman–Crippen MR) is 289 cm³/mol. The van der Waals surface area contributed by atoms with Gasteiger partial charge in [0.05, 0.1) is 76.5 Å². The number of aliphatic carboxylic acids is 2. The van der Waals surface area contributed by atoms with Crippen LogP contribution < -0.4 is 123 Å². The van der Waals surface area contributed by atoms with E-state index in [0.29, 0.717) is 10.0 Å². The third kappa shape index (κ3) is 16.6. The van der Waals surface area contributed by atoms with Gasteiger partial charge >= 0.3 is 115 Å². The normalized spacial score (nSPS) is 14.8. The van der Waals surface area contributed by atoms with Gasteiger partial charge < -0.3 is 40.2 Å². The molecule has 0 saturated carbocycles. The molecule has 0 bridgehead atoms. The van der Waals surface area contributed by atoms with Crippen LogP contribution in [0, 0.1) is 0 Å². The molecule has 6 aromatic rings. The van der Waals surface area contributed by atoms with Gasteiger partial charge in [-0.3, -0.25) is 27.8 Å². The van der Waals surface area contributed by atoms with Gasteiger partial charge in [-0.25, -0.2) is 19.0 Å². The van der Waals surface area contributed by atoms with Crippen molar-refractivity contribution >= 4 is 111 Å². The molecule has 2 aromatic heterocycles. The monoisotopic (exact) mass is 1340 g/mol. The van der Waals surface area contributed by atoms with Gasteiger partial charge in [0.2, 0.25) is 11.8 Å². The minimum absolute atomic E-state index is 0. The van der Waals surface area contributed by atoms with Crippen molar-refractivity contribution in [2.24, 2.45) is 10.2 Å². The van der Waals surface area contributed by atoms with Crippen LogP contribution >= 0.6 is 0 Å². The second-order valence-electron chi connectivity index (χ2n) is 16.8. The van der Waals surface area contributed by atoms with Gasteiger partial charge in [-0.15, -0.1) is 0 Å². The molecule has 2 aliphatic rings. The third-order valence-corrected chi connectivity index (χ3v) is 14.8. The number of nitrogens with zero attached hydrogens (tertiary/aromatic N) is 8. The summed E-state index contributed by atoms with van der Waals surface area (Å²) in [7, 11) is -18.0. The number of benzene rings is 4. The number of hydrazone groups is 2. The molecule has 4 aromatic carbocycles. The zero-order chi connectivity index (χ0) is 63.4. The number of aromatic nitrogens is 4. The average molecular weight is 1340 g/mol. The molecule has 8 rings (SSSR count). The maximum atomic E-state index is 12.9. The first-order chi connectivity index (χ1) is 40.2. The Morgan fingerprint density at radius 2 is 0.682 bits per heavy atom. The second-order valence-corrected chi connectivity index (χ2v) is 22.5. The molecule has 38 heteroatoms. The van der Waals surface area contributed by atoms with Crippen molar-refractivity contribution in [3.63, 3.8) is 0 Å². The molecule has 0 radical (unpaired) electrons. The molecular formula is C50H34K2N8O24S4. The molecule has 0 aliphatic carbocycles. The molecular weight excluding hydrogens is 1300 g/mol. The molecule has 0 atom stereocenters. The zero-order valence-electron chi connectivity index (χ0n) is 44.3. The number of carbonyl (C=O) groups is 6. The molecule has 0 saturated heterocycles. The predicted octanol–water partition coefficient (Wildman–Crippen LogP) is -5.16. The van der Waals surface area contributed by atoms with E-state index in [-0.39, 0.29) is 148 Å². The van der Waals surface area contributed by atoms with Crippen molar-refractivity contribution in [2.45, 2.75) is 19.6 Å². The Labute approximate surface area is 579 Å². The number of amides is 2. The van der Waals surface area contributed by atoms with Gasteiger partial charge in [-0.05, 0) is 121 Å². The summed E-state index contributed by atoms with van der Waals surface area (Å²) in [5.41, 5.74) is -3.81. The first-order valence-corrected chi connectivity index (χ1v) is 28.8. The van der Waals surface area contributed by atoms with Gasteiger partial charge in [-0.1, -0.05) is 36.5 Å². The summed E-state index contributed by atoms with van der Waals surface area (Å²) < 4.78 is 128. The van der Waals surface area contributed by atoms with Crippen LogP contribution in [0.1, 0.15) is 32.1 Å². The van der Waals surface area contributed by atoms with Crippen LogP contribution in [0.5, 0.6) is 11.8 Å².